The Labute approximate surface area is 180 Å². The van der Waals surface area contributed by atoms with Gasteiger partial charge in [-0.15, -0.1) is 0 Å². The van der Waals surface area contributed by atoms with Crippen molar-refractivity contribution in [3.8, 4) is 0 Å². The van der Waals surface area contributed by atoms with Crippen LogP contribution in [0.1, 0.15) is 24.2 Å². The molecule has 0 bridgehead atoms. The fourth-order valence-electron chi connectivity index (χ4n) is 3.30. The summed E-state index contributed by atoms with van der Waals surface area (Å²) in [4.78, 5) is 43.3. The summed E-state index contributed by atoms with van der Waals surface area (Å²) in [5.41, 5.74) is 1.98. The number of hydrogen-bond donors (Lipinski definition) is 2. The molecule has 2 N–H and O–H groups in total. The Kier molecular flexibility index (Phi) is 7.50. The van der Waals surface area contributed by atoms with Crippen molar-refractivity contribution in [1.29, 1.82) is 0 Å². The van der Waals surface area contributed by atoms with Crippen molar-refractivity contribution in [2.75, 3.05) is 31.5 Å². The van der Waals surface area contributed by atoms with Gasteiger partial charge in [0.1, 0.15) is 6.54 Å². The number of fused-ring (bicyclic) bond motifs is 1. The highest BCUT2D eigenvalue weighted by molar-refractivity contribution is 5.96. The molecule has 31 heavy (non-hydrogen) atoms. The van der Waals surface area contributed by atoms with Gasteiger partial charge in [-0.05, 0) is 49.5 Å². The molecule has 1 aromatic heterocycles. The highest BCUT2D eigenvalue weighted by atomic mass is 16.2. The van der Waals surface area contributed by atoms with Crippen LogP contribution in [0, 0.1) is 0 Å². The summed E-state index contributed by atoms with van der Waals surface area (Å²) in [7, 11) is 0. The van der Waals surface area contributed by atoms with E-state index in [4.69, 9.17) is 0 Å². The van der Waals surface area contributed by atoms with E-state index in [1.807, 2.05) is 6.07 Å². The Morgan fingerprint density at radius 1 is 1.03 bits per heavy atom. The summed E-state index contributed by atoms with van der Waals surface area (Å²) in [6.07, 6.45) is 1.21. The second-order valence-corrected chi connectivity index (χ2v) is 7.08. The molecule has 0 aliphatic carbocycles. The van der Waals surface area contributed by atoms with Crippen LogP contribution in [-0.4, -0.2) is 52.4 Å². The van der Waals surface area contributed by atoms with Crippen molar-refractivity contribution in [2.45, 2.75) is 20.4 Å². The van der Waals surface area contributed by atoms with Gasteiger partial charge in [0, 0.05) is 24.3 Å². The Bertz CT molecular complexity index is 1100. The molecule has 162 valence electrons. The molecule has 3 aromatic rings. The molecule has 0 fully saturated rings. The summed E-state index contributed by atoms with van der Waals surface area (Å²) in [5, 5.41) is 5.67. The molecule has 0 radical (unpaired) electrons. The minimum absolute atomic E-state index is 0.130. The number of rotatable bonds is 9. The highest BCUT2D eigenvalue weighted by Crippen LogP contribution is 2.11. The quantitative estimate of drug-likeness (QED) is 0.552. The Morgan fingerprint density at radius 3 is 2.45 bits per heavy atom. The summed E-state index contributed by atoms with van der Waals surface area (Å²) >= 11 is 0. The van der Waals surface area contributed by atoms with Crippen LogP contribution in [-0.2, 0) is 11.3 Å². The van der Waals surface area contributed by atoms with Gasteiger partial charge in [0.2, 0.25) is 5.91 Å². The number of aromatic nitrogens is 2. The van der Waals surface area contributed by atoms with E-state index in [-0.39, 0.29) is 23.9 Å². The Morgan fingerprint density at radius 2 is 1.74 bits per heavy atom. The minimum atomic E-state index is -0.342. The first-order valence-electron chi connectivity index (χ1n) is 10.4. The first-order chi connectivity index (χ1) is 15.0. The van der Waals surface area contributed by atoms with Crippen molar-refractivity contribution in [1.82, 2.24) is 19.8 Å². The average Bonchev–Trinajstić information content (AvgIpc) is 2.79. The third-order valence-electron chi connectivity index (χ3n) is 5.09. The molecule has 0 saturated heterocycles. The van der Waals surface area contributed by atoms with E-state index >= 15 is 0 Å². The van der Waals surface area contributed by atoms with Gasteiger partial charge in [0.25, 0.3) is 11.5 Å². The summed E-state index contributed by atoms with van der Waals surface area (Å²) in [6.45, 7) is 7.32. The topological polar surface area (TPSA) is 96.3 Å². The molecule has 0 saturated carbocycles. The molecule has 0 spiro atoms. The van der Waals surface area contributed by atoms with Crippen LogP contribution < -0.4 is 16.2 Å². The van der Waals surface area contributed by atoms with E-state index in [0.717, 1.165) is 19.6 Å². The Hall–Kier alpha value is -3.52. The molecular formula is C23H27N5O3. The number of amides is 2. The molecular weight excluding hydrogens is 394 g/mol. The molecule has 2 aromatic carbocycles. The molecule has 1 heterocycles. The van der Waals surface area contributed by atoms with Crippen molar-refractivity contribution < 1.29 is 9.59 Å². The minimum Gasteiger partial charge on any atom is -0.351 e. The molecule has 3 rings (SSSR count). The molecule has 0 aliphatic heterocycles. The third kappa shape index (κ3) is 5.76. The lowest BCUT2D eigenvalue weighted by Crippen LogP contribution is -2.34. The van der Waals surface area contributed by atoms with Crippen molar-refractivity contribution in [3.63, 3.8) is 0 Å². The molecule has 8 heteroatoms. The van der Waals surface area contributed by atoms with Crippen LogP contribution in [0.4, 0.5) is 5.69 Å². The zero-order chi connectivity index (χ0) is 22.2. The van der Waals surface area contributed by atoms with Gasteiger partial charge in [0.15, 0.2) is 0 Å². The summed E-state index contributed by atoms with van der Waals surface area (Å²) in [5.74, 6) is -0.491. The van der Waals surface area contributed by atoms with Gasteiger partial charge in [-0.1, -0.05) is 26.0 Å². The number of para-hydroxylation sites is 2. The molecule has 0 atom stereocenters. The number of anilines is 1. The molecule has 8 nitrogen and oxygen atoms in total. The number of carbonyl (C=O) groups is 2. The van der Waals surface area contributed by atoms with Crippen LogP contribution in [0.5, 0.6) is 0 Å². The standard InChI is InChI=1S/C23H27N5O3/c1-3-27(4-2)14-13-24-23(31)17-9-11-18(12-10-17)26-21(29)16-28-20-8-6-5-7-19(20)25-15-22(28)30/h5-12,15H,3-4,13-14,16H2,1-2H3,(H,24,31)(H,26,29). The summed E-state index contributed by atoms with van der Waals surface area (Å²) < 4.78 is 1.38. The lowest BCUT2D eigenvalue weighted by atomic mass is 10.2. The van der Waals surface area contributed by atoms with Crippen molar-refractivity contribution in [3.05, 3.63) is 70.6 Å². The number of nitrogens with zero attached hydrogens (tertiary/aromatic N) is 3. The number of benzene rings is 2. The zero-order valence-corrected chi connectivity index (χ0v) is 17.8. The van der Waals surface area contributed by atoms with Crippen LogP contribution in [0.25, 0.3) is 11.0 Å². The van der Waals surface area contributed by atoms with Crippen LogP contribution >= 0.6 is 0 Å². The monoisotopic (exact) mass is 421 g/mol. The summed E-state index contributed by atoms with van der Waals surface area (Å²) in [6, 6.07) is 13.8. The van der Waals surface area contributed by atoms with Crippen molar-refractivity contribution in [2.24, 2.45) is 0 Å². The number of nitrogens with one attached hydrogen (secondary N) is 2. The maximum Gasteiger partial charge on any atom is 0.269 e. The molecule has 0 aliphatic rings. The zero-order valence-electron chi connectivity index (χ0n) is 17.8. The van der Waals surface area contributed by atoms with E-state index in [1.165, 1.54) is 10.8 Å². The van der Waals surface area contributed by atoms with E-state index in [1.54, 1.807) is 42.5 Å². The van der Waals surface area contributed by atoms with Crippen molar-refractivity contribution >= 4 is 28.5 Å². The van der Waals surface area contributed by atoms with E-state index in [9.17, 15) is 14.4 Å². The number of likely N-dealkylation sites (N-methyl/N-ethyl adjacent to an activating group) is 1. The van der Waals surface area contributed by atoms with Gasteiger partial charge in [-0.2, -0.15) is 0 Å². The van der Waals surface area contributed by atoms with Gasteiger partial charge >= 0.3 is 0 Å². The van der Waals surface area contributed by atoms with Crippen LogP contribution in [0.3, 0.4) is 0 Å². The smallest absolute Gasteiger partial charge is 0.269 e. The second-order valence-electron chi connectivity index (χ2n) is 7.08. The van der Waals surface area contributed by atoms with Gasteiger partial charge in [-0.25, -0.2) is 4.98 Å². The SMILES string of the molecule is CCN(CC)CCNC(=O)c1ccc(NC(=O)Cn2c(=O)cnc3ccccc32)cc1. The first-order valence-corrected chi connectivity index (χ1v) is 10.4. The lowest BCUT2D eigenvalue weighted by molar-refractivity contribution is -0.116. The van der Waals surface area contributed by atoms with Crippen LogP contribution in [0.15, 0.2) is 59.5 Å². The average molecular weight is 422 g/mol. The van der Waals surface area contributed by atoms with Gasteiger partial charge in [0.05, 0.1) is 17.2 Å². The second kappa shape index (κ2) is 10.5. The molecule has 0 unspecified atom stereocenters. The Balaban J connectivity index is 1.59. The number of hydrogen-bond acceptors (Lipinski definition) is 5. The fourth-order valence-corrected chi connectivity index (χ4v) is 3.30. The maximum absolute atomic E-state index is 12.5. The normalized spacial score (nSPS) is 10.9. The van der Waals surface area contributed by atoms with E-state index in [0.29, 0.717) is 28.8 Å². The van der Waals surface area contributed by atoms with Gasteiger partial charge < -0.3 is 15.5 Å². The number of carbonyl (C=O) groups excluding carboxylic acids is 2. The highest BCUT2D eigenvalue weighted by Gasteiger charge is 2.10. The maximum atomic E-state index is 12.5. The predicted molar refractivity (Wildman–Crippen MR) is 121 cm³/mol. The predicted octanol–water partition coefficient (Wildman–Crippen LogP) is 2.11. The largest absolute Gasteiger partial charge is 0.351 e. The van der Waals surface area contributed by atoms with Crippen LogP contribution in [0.2, 0.25) is 0 Å². The third-order valence-corrected chi connectivity index (χ3v) is 5.09. The lowest BCUT2D eigenvalue weighted by Gasteiger charge is -2.18. The van der Waals surface area contributed by atoms with E-state index in [2.05, 4.69) is 34.4 Å². The molecule has 2 amide bonds. The fraction of sp³-hybridized carbons (Fsp3) is 0.304. The van der Waals surface area contributed by atoms with Gasteiger partial charge in [-0.3, -0.25) is 19.0 Å². The van der Waals surface area contributed by atoms with E-state index < -0.39 is 0 Å². The first kappa shape index (κ1) is 22.2.